The number of rotatable bonds is 6. The van der Waals surface area contributed by atoms with Gasteiger partial charge in [-0.15, -0.1) is 0 Å². The molecule has 1 unspecified atom stereocenters. The summed E-state index contributed by atoms with van der Waals surface area (Å²) in [6.07, 6.45) is 2.31. The van der Waals surface area contributed by atoms with E-state index in [1.54, 1.807) is 0 Å². The Balaban J connectivity index is 0.000000660. The number of halogens is 3. The van der Waals surface area contributed by atoms with Crippen LogP contribution in [0, 0.1) is 0 Å². The van der Waals surface area contributed by atoms with E-state index in [1.807, 2.05) is 18.2 Å². The van der Waals surface area contributed by atoms with Gasteiger partial charge >= 0.3 is 5.51 Å². The van der Waals surface area contributed by atoms with Crippen molar-refractivity contribution in [2.24, 2.45) is 0 Å². The Hall–Kier alpha value is -1.91. The van der Waals surface area contributed by atoms with Gasteiger partial charge < -0.3 is 14.4 Å². The summed E-state index contributed by atoms with van der Waals surface area (Å²) in [7, 11) is -1.83. The summed E-state index contributed by atoms with van der Waals surface area (Å²) >= 11 is 0. The Kier molecular flexibility index (Phi) is 8.98. The number of amides is 1. The third kappa shape index (κ3) is 8.45. The minimum absolute atomic E-state index is 0.0932. The lowest BCUT2D eigenvalue weighted by Crippen LogP contribution is -2.56. The van der Waals surface area contributed by atoms with E-state index in [9.17, 15) is 18.0 Å². The SMILES string of the molecule is C=CC(=O)NC(CC)[N+](C)(C)Cc1ccccc1.O=S(=O)([O-])C(F)(F)F. The van der Waals surface area contributed by atoms with Crippen molar-refractivity contribution >= 4 is 16.0 Å². The van der Waals surface area contributed by atoms with Gasteiger partial charge in [-0.25, -0.2) is 8.42 Å². The highest BCUT2D eigenvalue weighted by Crippen LogP contribution is 2.20. The molecule has 1 N–H and O–H groups in total. The van der Waals surface area contributed by atoms with Crippen LogP contribution in [0.15, 0.2) is 43.0 Å². The molecular weight excluding hydrogens is 373 g/mol. The van der Waals surface area contributed by atoms with Crippen LogP contribution in [-0.2, 0) is 21.5 Å². The molecule has 1 rings (SSSR count). The molecule has 0 bridgehead atoms. The lowest BCUT2D eigenvalue weighted by atomic mass is 10.1. The smallest absolute Gasteiger partial charge is 0.485 e. The van der Waals surface area contributed by atoms with Gasteiger partial charge in [0, 0.05) is 12.0 Å². The van der Waals surface area contributed by atoms with Gasteiger partial charge in [0.15, 0.2) is 16.3 Å². The molecule has 26 heavy (non-hydrogen) atoms. The highest BCUT2D eigenvalue weighted by molar-refractivity contribution is 7.86. The summed E-state index contributed by atoms with van der Waals surface area (Å²) in [6, 6.07) is 10.3. The Bertz CT molecular complexity index is 689. The molecular formula is C16H23F3N2O4S. The summed E-state index contributed by atoms with van der Waals surface area (Å²) in [5.41, 5.74) is -4.37. The number of benzene rings is 1. The topological polar surface area (TPSA) is 86.3 Å². The fraction of sp³-hybridized carbons (Fsp3) is 0.438. The summed E-state index contributed by atoms with van der Waals surface area (Å²) in [6.45, 7) is 6.46. The van der Waals surface area contributed by atoms with E-state index in [4.69, 9.17) is 13.0 Å². The number of nitrogens with zero attached hydrogens (tertiary/aromatic N) is 1. The molecule has 1 atom stereocenters. The van der Waals surface area contributed by atoms with E-state index in [0.29, 0.717) is 0 Å². The van der Waals surface area contributed by atoms with Gasteiger partial charge in [0.05, 0.1) is 14.1 Å². The molecule has 0 saturated carbocycles. The molecule has 0 aliphatic rings. The summed E-state index contributed by atoms with van der Waals surface area (Å²) < 4.78 is 59.6. The molecule has 0 radical (unpaired) electrons. The molecule has 1 aromatic carbocycles. The average Bonchev–Trinajstić information content (AvgIpc) is 2.51. The van der Waals surface area contributed by atoms with Crippen molar-refractivity contribution in [1.82, 2.24) is 5.32 Å². The number of alkyl halides is 3. The average molecular weight is 396 g/mol. The van der Waals surface area contributed by atoms with E-state index < -0.39 is 15.6 Å². The fourth-order valence-electron chi connectivity index (χ4n) is 2.16. The minimum atomic E-state index is -6.09. The summed E-state index contributed by atoms with van der Waals surface area (Å²) in [4.78, 5) is 11.4. The maximum absolute atomic E-state index is 11.4. The zero-order valence-electron chi connectivity index (χ0n) is 14.8. The van der Waals surface area contributed by atoms with Crippen LogP contribution in [0.5, 0.6) is 0 Å². The van der Waals surface area contributed by atoms with E-state index in [-0.39, 0.29) is 12.1 Å². The number of hydrogen-bond acceptors (Lipinski definition) is 4. The quantitative estimate of drug-likeness (QED) is 0.263. The maximum Gasteiger partial charge on any atom is 0.485 e. The number of hydrogen-bond donors (Lipinski definition) is 1. The Morgan fingerprint density at radius 1 is 1.31 bits per heavy atom. The van der Waals surface area contributed by atoms with Crippen molar-refractivity contribution in [1.29, 1.82) is 0 Å². The van der Waals surface area contributed by atoms with Crippen molar-refractivity contribution in [3.05, 3.63) is 48.6 Å². The second kappa shape index (κ2) is 9.70. The molecule has 148 valence electrons. The molecule has 0 aliphatic carbocycles. The third-order valence-corrected chi connectivity index (χ3v) is 4.01. The normalized spacial score (nSPS) is 13.2. The molecule has 6 nitrogen and oxygen atoms in total. The Labute approximate surface area is 151 Å². The van der Waals surface area contributed by atoms with Crippen molar-refractivity contribution in [3.63, 3.8) is 0 Å². The lowest BCUT2D eigenvalue weighted by Gasteiger charge is -2.37. The second-order valence-electron chi connectivity index (χ2n) is 5.96. The van der Waals surface area contributed by atoms with Crippen molar-refractivity contribution in [2.75, 3.05) is 14.1 Å². The monoisotopic (exact) mass is 396 g/mol. The number of quaternary nitrogens is 1. The number of carbonyl (C=O) groups is 1. The van der Waals surface area contributed by atoms with Crippen LogP contribution in [-0.4, -0.2) is 49.1 Å². The molecule has 0 heterocycles. The highest BCUT2D eigenvalue weighted by atomic mass is 32.2. The molecule has 1 aromatic rings. The van der Waals surface area contributed by atoms with Gasteiger partial charge in [-0.2, -0.15) is 13.2 Å². The Morgan fingerprint density at radius 2 is 1.77 bits per heavy atom. The second-order valence-corrected chi connectivity index (χ2v) is 7.33. The molecule has 0 spiro atoms. The molecule has 0 fully saturated rings. The molecule has 10 heteroatoms. The number of carbonyl (C=O) groups excluding carboxylic acids is 1. The Morgan fingerprint density at radius 3 is 2.12 bits per heavy atom. The minimum Gasteiger partial charge on any atom is -0.741 e. The first-order valence-electron chi connectivity index (χ1n) is 7.56. The number of nitrogens with one attached hydrogen (secondary N) is 1. The van der Waals surface area contributed by atoms with Crippen LogP contribution in [0.4, 0.5) is 13.2 Å². The lowest BCUT2D eigenvalue weighted by molar-refractivity contribution is -0.930. The van der Waals surface area contributed by atoms with Gasteiger partial charge in [0.25, 0.3) is 0 Å². The molecule has 1 amide bonds. The van der Waals surface area contributed by atoms with Crippen LogP contribution >= 0.6 is 0 Å². The van der Waals surface area contributed by atoms with Crippen LogP contribution in [0.25, 0.3) is 0 Å². The molecule has 0 saturated heterocycles. The zero-order valence-corrected chi connectivity index (χ0v) is 15.6. The predicted octanol–water partition coefficient (Wildman–Crippen LogP) is 2.35. The standard InChI is InChI=1S/C15H22N2O.CHF3O3S/c1-5-14(16-15(18)6-2)17(3,4)12-13-10-8-7-9-11-13;2-1(3,4)8(5,6)7/h6-11,14H,2,5,12H2,1,3-4H3;(H,5,6,7). The zero-order chi connectivity index (χ0) is 20.6. The molecule has 0 aliphatic heterocycles. The van der Waals surface area contributed by atoms with Crippen LogP contribution in [0.1, 0.15) is 18.9 Å². The van der Waals surface area contributed by atoms with Gasteiger partial charge in [-0.05, 0) is 6.08 Å². The van der Waals surface area contributed by atoms with Gasteiger partial charge in [-0.1, -0.05) is 43.8 Å². The van der Waals surface area contributed by atoms with Crippen LogP contribution in [0.3, 0.4) is 0 Å². The highest BCUT2D eigenvalue weighted by Gasteiger charge is 2.36. The van der Waals surface area contributed by atoms with E-state index in [0.717, 1.165) is 17.4 Å². The van der Waals surface area contributed by atoms with E-state index >= 15 is 0 Å². The summed E-state index contributed by atoms with van der Waals surface area (Å²) in [5, 5.41) is 2.99. The van der Waals surface area contributed by atoms with Gasteiger partial charge in [0.1, 0.15) is 6.54 Å². The fourth-order valence-corrected chi connectivity index (χ4v) is 2.16. The summed E-state index contributed by atoms with van der Waals surface area (Å²) in [5.74, 6) is -0.110. The first-order chi connectivity index (χ1) is 11.7. The van der Waals surface area contributed by atoms with Crippen LogP contribution < -0.4 is 5.32 Å². The largest absolute Gasteiger partial charge is 0.741 e. The van der Waals surface area contributed by atoms with Crippen LogP contribution in [0.2, 0.25) is 0 Å². The van der Waals surface area contributed by atoms with Crippen molar-refractivity contribution < 1.29 is 35.4 Å². The van der Waals surface area contributed by atoms with Crippen molar-refractivity contribution in [3.8, 4) is 0 Å². The van der Waals surface area contributed by atoms with Crippen molar-refractivity contribution in [2.45, 2.75) is 31.6 Å². The predicted molar refractivity (Wildman–Crippen MR) is 90.4 cm³/mol. The first-order valence-corrected chi connectivity index (χ1v) is 8.97. The van der Waals surface area contributed by atoms with E-state index in [2.05, 4.69) is 45.0 Å². The first kappa shape index (κ1) is 24.1. The van der Waals surface area contributed by atoms with Gasteiger partial charge in [0.2, 0.25) is 5.91 Å². The van der Waals surface area contributed by atoms with Gasteiger partial charge in [-0.3, -0.25) is 4.79 Å². The maximum atomic E-state index is 11.4. The third-order valence-electron chi connectivity index (χ3n) is 3.44. The van der Waals surface area contributed by atoms with E-state index in [1.165, 1.54) is 11.6 Å². The molecule has 0 aromatic heterocycles.